The Morgan fingerprint density at radius 1 is 1.30 bits per heavy atom. The molecule has 0 aliphatic heterocycles. The zero-order valence-corrected chi connectivity index (χ0v) is 11.9. The highest BCUT2D eigenvalue weighted by Gasteiger charge is 2.11. The van der Waals surface area contributed by atoms with Gasteiger partial charge in [0.1, 0.15) is 11.9 Å². The van der Waals surface area contributed by atoms with Gasteiger partial charge in [-0.15, -0.1) is 0 Å². The summed E-state index contributed by atoms with van der Waals surface area (Å²) in [6.07, 6.45) is 0. The second kappa shape index (κ2) is 6.02. The summed E-state index contributed by atoms with van der Waals surface area (Å²) in [5, 5.41) is 12.3. The van der Waals surface area contributed by atoms with Crippen LogP contribution in [0.3, 0.4) is 0 Å². The third kappa shape index (κ3) is 2.86. The summed E-state index contributed by atoms with van der Waals surface area (Å²) < 4.78 is 0. The minimum absolute atomic E-state index is 0.601. The van der Waals surface area contributed by atoms with Gasteiger partial charge in [0.25, 0.3) is 0 Å². The fraction of sp³-hybridized carbons (Fsp3) is 0.267. The summed E-state index contributed by atoms with van der Waals surface area (Å²) in [7, 11) is 1.90. The summed E-state index contributed by atoms with van der Waals surface area (Å²) in [6, 6.07) is 11.6. The van der Waals surface area contributed by atoms with Crippen LogP contribution in [-0.2, 0) is 0 Å². The molecule has 0 bridgehead atoms. The van der Waals surface area contributed by atoms with E-state index in [4.69, 9.17) is 0 Å². The van der Waals surface area contributed by atoms with Crippen LogP contribution in [0.4, 0.5) is 17.5 Å². The molecule has 0 aliphatic carbocycles. The maximum absolute atomic E-state index is 9.19. The first-order valence-electron chi connectivity index (χ1n) is 6.48. The van der Waals surface area contributed by atoms with Crippen molar-refractivity contribution >= 4 is 17.5 Å². The van der Waals surface area contributed by atoms with E-state index in [9.17, 15) is 5.26 Å². The number of para-hydroxylation sites is 1. The molecule has 5 nitrogen and oxygen atoms in total. The van der Waals surface area contributed by atoms with Gasteiger partial charge in [0, 0.05) is 25.4 Å². The Labute approximate surface area is 118 Å². The predicted molar refractivity (Wildman–Crippen MR) is 80.2 cm³/mol. The van der Waals surface area contributed by atoms with Gasteiger partial charge >= 0.3 is 0 Å². The number of aryl methyl sites for hydroxylation is 1. The van der Waals surface area contributed by atoms with Crippen molar-refractivity contribution in [1.82, 2.24) is 9.97 Å². The van der Waals surface area contributed by atoms with Gasteiger partial charge in [0.15, 0.2) is 0 Å². The molecule has 0 amide bonds. The molecule has 1 N–H and O–H groups in total. The molecular weight excluding hydrogens is 250 g/mol. The van der Waals surface area contributed by atoms with Crippen molar-refractivity contribution < 1.29 is 0 Å². The number of anilines is 3. The summed E-state index contributed by atoms with van der Waals surface area (Å²) in [5.41, 5.74) is 2.33. The average Bonchev–Trinajstić information content (AvgIpc) is 2.46. The fourth-order valence-electron chi connectivity index (χ4n) is 1.95. The van der Waals surface area contributed by atoms with Crippen LogP contribution in [0.1, 0.15) is 18.2 Å². The Kier molecular flexibility index (Phi) is 4.16. The van der Waals surface area contributed by atoms with Crippen LogP contribution in [0, 0.1) is 18.3 Å². The van der Waals surface area contributed by atoms with Crippen LogP contribution in [0.25, 0.3) is 0 Å². The quantitative estimate of drug-likeness (QED) is 0.922. The predicted octanol–water partition coefficient (Wildman–Crippen LogP) is 2.86. The van der Waals surface area contributed by atoms with Crippen LogP contribution in [0.2, 0.25) is 0 Å². The van der Waals surface area contributed by atoms with Crippen molar-refractivity contribution in [3.05, 3.63) is 41.6 Å². The van der Waals surface area contributed by atoms with Gasteiger partial charge in [0.05, 0.1) is 11.3 Å². The van der Waals surface area contributed by atoms with E-state index in [1.807, 2.05) is 50.1 Å². The maximum atomic E-state index is 9.19. The van der Waals surface area contributed by atoms with Crippen LogP contribution in [0.5, 0.6) is 0 Å². The molecule has 0 spiro atoms. The lowest BCUT2D eigenvalue weighted by molar-refractivity contribution is 1.02. The molecule has 0 atom stereocenters. The lowest BCUT2D eigenvalue weighted by atomic mass is 10.2. The van der Waals surface area contributed by atoms with Gasteiger partial charge in [-0.25, -0.2) is 4.98 Å². The van der Waals surface area contributed by atoms with Crippen LogP contribution < -0.4 is 10.2 Å². The lowest BCUT2D eigenvalue weighted by Gasteiger charge is -2.20. The van der Waals surface area contributed by atoms with Crippen molar-refractivity contribution in [3.63, 3.8) is 0 Å². The molecule has 2 rings (SSSR count). The third-order valence-electron chi connectivity index (χ3n) is 2.91. The third-order valence-corrected chi connectivity index (χ3v) is 2.91. The zero-order valence-electron chi connectivity index (χ0n) is 11.9. The molecule has 2 aromatic rings. The number of nitrogens with zero attached hydrogens (tertiary/aromatic N) is 4. The first-order chi connectivity index (χ1) is 9.65. The minimum atomic E-state index is 0.601. The topological polar surface area (TPSA) is 64.8 Å². The molecule has 20 heavy (non-hydrogen) atoms. The molecular formula is C15H17N5. The van der Waals surface area contributed by atoms with E-state index in [0.717, 1.165) is 23.7 Å². The summed E-state index contributed by atoms with van der Waals surface area (Å²) in [6.45, 7) is 4.69. The normalized spacial score (nSPS) is 9.90. The van der Waals surface area contributed by atoms with Crippen molar-refractivity contribution in [3.8, 4) is 6.07 Å². The molecule has 0 fully saturated rings. The lowest BCUT2D eigenvalue weighted by Crippen LogP contribution is -2.15. The minimum Gasteiger partial charge on any atom is -0.354 e. The molecule has 1 aromatic heterocycles. The summed E-state index contributed by atoms with van der Waals surface area (Å²) in [4.78, 5) is 10.7. The molecule has 102 valence electrons. The monoisotopic (exact) mass is 267 g/mol. The van der Waals surface area contributed by atoms with E-state index in [1.54, 1.807) is 6.07 Å². The van der Waals surface area contributed by atoms with E-state index in [-0.39, 0.29) is 0 Å². The van der Waals surface area contributed by atoms with Crippen molar-refractivity contribution in [2.45, 2.75) is 13.8 Å². The largest absolute Gasteiger partial charge is 0.354 e. The van der Waals surface area contributed by atoms with Gasteiger partial charge in [-0.3, -0.25) is 0 Å². The second-order valence-electron chi connectivity index (χ2n) is 4.41. The van der Waals surface area contributed by atoms with Gasteiger partial charge in [-0.2, -0.15) is 10.2 Å². The SMILES string of the molecule is CCNc1nc(C)cc(N(C)c2ccccc2C#N)n1. The number of benzene rings is 1. The highest BCUT2D eigenvalue weighted by atomic mass is 15.2. The number of aromatic nitrogens is 2. The maximum Gasteiger partial charge on any atom is 0.224 e. The van der Waals surface area contributed by atoms with E-state index in [2.05, 4.69) is 21.4 Å². The number of hydrogen-bond acceptors (Lipinski definition) is 5. The molecule has 1 heterocycles. The first kappa shape index (κ1) is 13.8. The van der Waals surface area contributed by atoms with Gasteiger partial charge < -0.3 is 10.2 Å². The molecule has 0 saturated heterocycles. The van der Waals surface area contributed by atoms with Gasteiger partial charge in [-0.05, 0) is 26.0 Å². The number of nitriles is 1. The Balaban J connectivity index is 2.43. The Morgan fingerprint density at radius 3 is 2.75 bits per heavy atom. The van der Waals surface area contributed by atoms with E-state index in [0.29, 0.717) is 11.5 Å². The van der Waals surface area contributed by atoms with Gasteiger partial charge in [-0.1, -0.05) is 12.1 Å². The van der Waals surface area contributed by atoms with Gasteiger partial charge in [0.2, 0.25) is 5.95 Å². The second-order valence-corrected chi connectivity index (χ2v) is 4.41. The Hall–Kier alpha value is -2.61. The van der Waals surface area contributed by atoms with E-state index in [1.165, 1.54) is 0 Å². The number of hydrogen-bond donors (Lipinski definition) is 1. The highest BCUT2D eigenvalue weighted by Crippen LogP contribution is 2.26. The van der Waals surface area contributed by atoms with Crippen LogP contribution >= 0.6 is 0 Å². The first-order valence-corrected chi connectivity index (χ1v) is 6.48. The molecule has 0 unspecified atom stereocenters. The summed E-state index contributed by atoms with van der Waals surface area (Å²) in [5.74, 6) is 1.36. The van der Waals surface area contributed by atoms with Crippen molar-refractivity contribution in [1.29, 1.82) is 5.26 Å². The van der Waals surface area contributed by atoms with E-state index >= 15 is 0 Å². The molecule has 1 aromatic carbocycles. The molecule has 5 heteroatoms. The molecule has 0 radical (unpaired) electrons. The Morgan fingerprint density at radius 2 is 2.05 bits per heavy atom. The number of rotatable bonds is 4. The van der Waals surface area contributed by atoms with Crippen molar-refractivity contribution in [2.24, 2.45) is 0 Å². The fourth-order valence-corrected chi connectivity index (χ4v) is 1.95. The zero-order chi connectivity index (χ0) is 14.5. The summed E-state index contributed by atoms with van der Waals surface area (Å²) >= 11 is 0. The molecule has 0 aliphatic rings. The average molecular weight is 267 g/mol. The van der Waals surface area contributed by atoms with Crippen LogP contribution in [0.15, 0.2) is 30.3 Å². The number of nitrogens with one attached hydrogen (secondary N) is 1. The highest BCUT2D eigenvalue weighted by molar-refractivity contribution is 5.67. The standard InChI is InChI=1S/C15H17N5/c1-4-17-15-18-11(2)9-14(19-15)20(3)13-8-6-5-7-12(13)10-16/h5-9H,4H2,1-3H3,(H,17,18,19). The smallest absolute Gasteiger partial charge is 0.224 e. The Bertz CT molecular complexity index is 645. The van der Waals surface area contributed by atoms with E-state index < -0.39 is 0 Å². The molecule has 0 saturated carbocycles. The van der Waals surface area contributed by atoms with Crippen molar-refractivity contribution in [2.75, 3.05) is 23.8 Å². The van der Waals surface area contributed by atoms with Crippen LogP contribution in [-0.4, -0.2) is 23.6 Å².